The molecule has 0 radical (unpaired) electrons. The molecule has 0 bridgehead atoms. The molecule has 2 aromatic rings. The Balaban J connectivity index is 2.00. The van der Waals surface area contributed by atoms with Crippen LogP contribution in [-0.2, 0) is 12.8 Å². The normalized spacial score (nSPS) is 17.5. The number of aryl methyl sites for hydroxylation is 1. The Hall–Kier alpha value is -1.64. The maximum absolute atomic E-state index is 11.1. The standard InChI is InChI=1S/C19H23NO/c1-13-6-5-9-17(14(13)2)18(21)19(12-20)10-15-7-3-4-8-16(15)11-19/h3-9,18,21H,10-12,20H2,1-2H3. The van der Waals surface area contributed by atoms with E-state index in [1.807, 2.05) is 12.1 Å². The molecule has 0 aromatic heterocycles. The highest BCUT2D eigenvalue weighted by Gasteiger charge is 2.43. The molecule has 0 saturated carbocycles. The van der Waals surface area contributed by atoms with Crippen molar-refractivity contribution in [2.24, 2.45) is 11.1 Å². The predicted octanol–water partition coefficient (Wildman–Crippen LogP) is 3.08. The molecule has 0 fully saturated rings. The van der Waals surface area contributed by atoms with Gasteiger partial charge in [0.2, 0.25) is 0 Å². The first kappa shape index (κ1) is 14.3. The number of hydrogen-bond acceptors (Lipinski definition) is 2. The summed E-state index contributed by atoms with van der Waals surface area (Å²) in [5, 5.41) is 11.1. The van der Waals surface area contributed by atoms with Gasteiger partial charge in [-0.25, -0.2) is 0 Å². The summed E-state index contributed by atoms with van der Waals surface area (Å²) in [5.41, 5.74) is 11.9. The van der Waals surface area contributed by atoms with Gasteiger partial charge in [-0.3, -0.25) is 0 Å². The van der Waals surface area contributed by atoms with Crippen molar-refractivity contribution in [3.8, 4) is 0 Å². The van der Waals surface area contributed by atoms with Gasteiger partial charge >= 0.3 is 0 Å². The highest BCUT2D eigenvalue weighted by molar-refractivity contribution is 5.40. The van der Waals surface area contributed by atoms with Gasteiger partial charge < -0.3 is 10.8 Å². The van der Waals surface area contributed by atoms with Gasteiger partial charge in [0, 0.05) is 12.0 Å². The van der Waals surface area contributed by atoms with Crippen LogP contribution < -0.4 is 5.73 Å². The number of aliphatic hydroxyl groups is 1. The Morgan fingerprint density at radius 3 is 2.24 bits per heavy atom. The summed E-state index contributed by atoms with van der Waals surface area (Å²) in [6, 6.07) is 14.6. The lowest BCUT2D eigenvalue weighted by Crippen LogP contribution is -2.38. The van der Waals surface area contributed by atoms with E-state index in [0.29, 0.717) is 6.54 Å². The maximum atomic E-state index is 11.1. The van der Waals surface area contributed by atoms with E-state index in [0.717, 1.165) is 18.4 Å². The van der Waals surface area contributed by atoms with Crippen molar-refractivity contribution in [3.05, 3.63) is 70.3 Å². The molecule has 1 aliphatic carbocycles. The number of fused-ring (bicyclic) bond motifs is 1. The second-order valence-electron chi connectivity index (χ2n) is 6.38. The molecule has 2 heteroatoms. The molecule has 0 aliphatic heterocycles. The molecule has 2 aromatic carbocycles. The molecule has 1 aliphatic rings. The van der Waals surface area contributed by atoms with Crippen molar-refractivity contribution < 1.29 is 5.11 Å². The molecule has 21 heavy (non-hydrogen) atoms. The van der Waals surface area contributed by atoms with Gasteiger partial charge in [-0.15, -0.1) is 0 Å². The lowest BCUT2D eigenvalue weighted by Gasteiger charge is -2.34. The molecule has 0 heterocycles. The molecular weight excluding hydrogens is 258 g/mol. The number of rotatable bonds is 3. The molecule has 1 unspecified atom stereocenters. The van der Waals surface area contributed by atoms with E-state index >= 15 is 0 Å². The van der Waals surface area contributed by atoms with Gasteiger partial charge in [0.1, 0.15) is 0 Å². The quantitative estimate of drug-likeness (QED) is 0.908. The second-order valence-corrected chi connectivity index (χ2v) is 6.38. The van der Waals surface area contributed by atoms with Gasteiger partial charge in [0.05, 0.1) is 6.10 Å². The van der Waals surface area contributed by atoms with Gasteiger partial charge in [-0.1, -0.05) is 42.5 Å². The van der Waals surface area contributed by atoms with Gasteiger partial charge in [-0.2, -0.15) is 0 Å². The van der Waals surface area contributed by atoms with Crippen LogP contribution in [0.5, 0.6) is 0 Å². The Kier molecular flexibility index (Phi) is 3.60. The summed E-state index contributed by atoms with van der Waals surface area (Å²) in [6.45, 7) is 4.67. The zero-order valence-electron chi connectivity index (χ0n) is 12.8. The van der Waals surface area contributed by atoms with Crippen molar-refractivity contribution in [1.29, 1.82) is 0 Å². The lowest BCUT2D eigenvalue weighted by molar-refractivity contribution is 0.0353. The van der Waals surface area contributed by atoms with E-state index in [4.69, 9.17) is 5.73 Å². The van der Waals surface area contributed by atoms with Crippen LogP contribution in [0.1, 0.15) is 33.9 Å². The third kappa shape index (κ3) is 2.29. The van der Waals surface area contributed by atoms with E-state index < -0.39 is 6.10 Å². The monoisotopic (exact) mass is 281 g/mol. The van der Waals surface area contributed by atoms with Crippen LogP contribution in [0.15, 0.2) is 42.5 Å². The first-order valence-electron chi connectivity index (χ1n) is 7.58. The minimum Gasteiger partial charge on any atom is -0.388 e. The van der Waals surface area contributed by atoms with Gasteiger partial charge in [0.25, 0.3) is 0 Å². The Morgan fingerprint density at radius 1 is 1.05 bits per heavy atom. The van der Waals surface area contributed by atoms with E-state index in [1.54, 1.807) is 0 Å². The summed E-state index contributed by atoms with van der Waals surface area (Å²) in [5.74, 6) is 0. The average Bonchev–Trinajstić information content (AvgIpc) is 2.89. The molecular formula is C19H23NO. The number of nitrogens with two attached hydrogens (primary N) is 1. The van der Waals surface area contributed by atoms with Crippen molar-refractivity contribution in [2.45, 2.75) is 32.8 Å². The molecule has 0 amide bonds. The lowest BCUT2D eigenvalue weighted by atomic mass is 9.75. The van der Waals surface area contributed by atoms with Gasteiger partial charge in [-0.05, 0) is 54.5 Å². The molecule has 110 valence electrons. The van der Waals surface area contributed by atoms with E-state index in [1.165, 1.54) is 22.3 Å². The largest absolute Gasteiger partial charge is 0.388 e. The average molecular weight is 281 g/mol. The summed E-state index contributed by atoms with van der Waals surface area (Å²) >= 11 is 0. The second kappa shape index (κ2) is 5.28. The highest BCUT2D eigenvalue weighted by atomic mass is 16.3. The number of hydrogen-bond donors (Lipinski definition) is 2. The van der Waals surface area contributed by atoms with Crippen LogP contribution in [0.3, 0.4) is 0 Å². The van der Waals surface area contributed by atoms with Crippen molar-refractivity contribution >= 4 is 0 Å². The topological polar surface area (TPSA) is 46.2 Å². The summed E-state index contributed by atoms with van der Waals surface area (Å²) in [7, 11) is 0. The Labute approximate surface area is 126 Å². The highest BCUT2D eigenvalue weighted by Crippen LogP contribution is 2.46. The SMILES string of the molecule is Cc1cccc(C(O)C2(CN)Cc3ccccc3C2)c1C. The predicted molar refractivity (Wildman–Crippen MR) is 86.2 cm³/mol. The van der Waals surface area contributed by atoms with Crippen LogP contribution in [0, 0.1) is 19.3 Å². The summed E-state index contributed by atoms with van der Waals surface area (Å²) in [4.78, 5) is 0. The van der Waals surface area contributed by atoms with Gasteiger partial charge in [0.15, 0.2) is 0 Å². The van der Waals surface area contributed by atoms with Crippen LogP contribution >= 0.6 is 0 Å². The molecule has 0 spiro atoms. The van der Waals surface area contributed by atoms with Crippen molar-refractivity contribution in [3.63, 3.8) is 0 Å². The van der Waals surface area contributed by atoms with Crippen LogP contribution in [0.4, 0.5) is 0 Å². The fourth-order valence-electron chi connectivity index (χ4n) is 3.57. The third-order valence-electron chi connectivity index (χ3n) is 5.13. The number of benzene rings is 2. The van der Waals surface area contributed by atoms with Crippen molar-refractivity contribution in [1.82, 2.24) is 0 Å². The Bertz CT molecular complexity index is 637. The summed E-state index contributed by atoms with van der Waals surface area (Å²) in [6.07, 6.45) is 1.19. The van der Waals surface area contributed by atoms with E-state index in [9.17, 15) is 5.11 Å². The van der Waals surface area contributed by atoms with Crippen LogP contribution in [0.25, 0.3) is 0 Å². The fourth-order valence-corrected chi connectivity index (χ4v) is 3.57. The first-order chi connectivity index (χ1) is 10.1. The molecule has 1 atom stereocenters. The minimum atomic E-state index is -0.519. The van der Waals surface area contributed by atoms with E-state index in [2.05, 4.69) is 44.2 Å². The zero-order chi connectivity index (χ0) is 15.0. The Morgan fingerprint density at radius 2 is 1.67 bits per heavy atom. The molecule has 2 nitrogen and oxygen atoms in total. The third-order valence-corrected chi connectivity index (χ3v) is 5.13. The zero-order valence-corrected chi connectivity index (χ0v) is 12.8. The van der Waals surface area contributed by atoms with Crippen LogP contribution in [-0.4, -0.2) is 11.7 Å². The smallest absolute Gasteiger partial charge is 0.0867 e. The minimum absolute atomic E-state index is 0.276. The fraction of sp³-hybridized carbons (Fsp3) is 0.368. The molecule has 3 rings (SSSR count). The van der Waals surface area contributed by atoms with Crippen molar-refractivity contribution in [2.75, 3.05) is 6.54 Å². The number of aliphatic hydroxyl groups excluding tert-OH is 1. The summed E-state index contributed by atoms with van der Waals surface area (Å²) < 4.78 is 0. The first-order valence-corrected chi connectivity index (χ1v) is 7.58. The molecule has 0 saturated heterocycles. The maximum Gasteiger partial charge on any atom is 0.0867 e. The molecule has 3 N–H and O–H groups in total. The van der Waals surface area contributed by atoms with E-state index in [-0.39, 0.29) is 5.41 Å². The van der Waals surface area contributed by atoms with Crippen LogP contribution in [0.2, 0.25) is 0 Å².